The standard InChI is InChI=1S/C19H17N3O2/c1-14-2-7-18(22-19(10-20)11-24-12-19)16(8-14)9-15-3-5-17(6-4-15)21-13-23/h2-8,22H,9,11-12H2,1H3. The molecule has 0 amide bonds. The fraction of sp³-hybridized carbons (Fsp3) is 0.263. The molecule has 0 aliphatic carbocycles. The predicted octanol–water partition coefficient (Wildman–Crippen LogP) is 3.26. The zero-order chi connectivity index (χ0) is 17.0. The maximum Gasteiger partial charge on any atom is 0.240 e. The van der Waals surface area contributed by atoms with E-state index in [1.165, 1.54) is 6.08 Å². The summed E-state index contributed by atoms with van der Waals surface area (Å²) in [7, 11) is 0. The molecule has 3 rings (SSSR count). The second-order valence-electron chi connectivity index (χ2n) is 6.02. The largest absolute Gasteiger partial charge is 0.374 e. The summed E-state index contributed by atoms with van der Waals surface area (Å²) >= 11 is 0. The molecule has 1 aliphatic rings. The highest BCUT2D eigenvalue weighted by atomic mass is 16.5. The molecule has 0 aromatic heterocycles. The molecular weight excluding hydrogens is 302 g/mol. The molecule has 0 saturated carbocycles. The molecule has 1 heterocycles. The van der Waals surface area contributed by atoms with Gasteiger partial charge in [0.25, 0.3) is 0 Å². The first-order chi connectivity index (χ1) is 11.6. The molecule has 1 saturated heterocycles. The monoisotopic (exact) mass is 319 g/mol. The average Bonchev–Trinajstić information content (AvgIpc) is 2.55. The lowest BCUT2D eigenvalue weighted by Gasteiger charge is -2.37. The molecule has 120 valence electrons. The van der Waals surface area contributed by atoms with Gasteiger partial charge in [0.15, 0.2) is 5.54 Å². The van der Waals surface area contributed by atoms with E-state index in [-0.39, 0.29) is 0 Å². The first-order valence-electron chi connectivity index (χ1n) is 7.68. The van der Waals surface area contributed by atoms with Crippen LogP contribution in [0, 0.1) is 18.3 Å². The highest BCUT2D eigenvalue weighted by molar-refractivity contribution is 5.58. The summed E-state index contributed by atoms with van der Waals surface area (Å²) in [4.78, 5) is 13.9. The molecule has 0 bridgehead atoms. The summed E-state index contributed by atoms with van der Waals surface area (Å²) in [5, 5.41) is 12.7. The highest BCUT2D eigenvalue weighted by Gasteiger charge is 2.39. The minimum absolute atomic E-state index is 0.398. The van der Waals surface area contributed by atoms with E-state index in [1.807, 2.05) is 31.2 Å². The Bertz CT molecular complexity index is 827. The topological polar surface area (TPSA) is 74.5 Å². The zero-order valence-corrected chi connectivity index (χ0v) is 13.4. The van der Waals surface area contributed by atoms with E-state index < -0.39 is 5.54 Å². The van der Waals surface area contributed by atoms with E-state index in [1.54, 1.807) is 12.1 Å². The number of hydrogen-bond acceptors (Lipinski definition) is 5. The lowest BCUT2D eigenvalue weighted by molar-refractivity contribution is -0.0132. The average molecular weight is 319 g/mol. The normalized spacial score (nSPS) is 14.8. The number of benzene rings is 2. The minimum atomic E-state index is -0.632. The first kappa shape index (κ1) is 15.9. The van der Waals surface area contributed by atoms with E-state index in [4.69, 9.17) is 4.74 Å². The van der Waals surface area contributed by atoms with E-state index in [9.17, 15) is 10.1 Å². The van der Waals surface area contributed by atoms with Crippen LogP contribution in [0.4, 0.5) is 11.4 Å². The van der Waals surface area contributed by atoms with Crippen molar-refractivity contribution < 1.29 is 9.53 Å². The Morgan fingerprint density at radius 2 is 2.00 bits per heavy atom. The number of isocyanates is 1. The number of aryl methyl sites for hydroxylation is 1. The van der Waals surface area contributed by atoms with Gasteiger partial charge in [-0.3, -0.25) is 0 Å². The molecule has 0 spiro atoms. The number of nitrogens with zero attached hydrogens (tertiary/aromatic N) is 2. The molecule has 24 heavy (non-hydrogen) atoms. The van der Waals surface area contributed by atoms with Gasteiger partial charge in [0.1, 0.15) is 0 Å². The van der Waals surface area contributed by atoms with Crippen LogP contribution in [-0.2, 0) is 16.0 Å². The van der Waals surface area contributed by atoms with Crippen LogP contribution in [0.2, 0.25) is 0 Å². The Balaban J connectivity index is 1.85. The van der Waals surface area contributed by atoms with Crippen LogP contribution in [0.15, 0.2) is 47.5 Å². The van der Waals surface area contributed by atoms with Crippen molar-refractivity contribution >= 4 is 17.5 Å². The number of nitrogens with one attached hydrogen (secondary N) is 1. The van der Waals surface area contributed by atoms with Crippen LogP contribution in [-0.4, -0.2) is 24.8 Å². The fourth-order valence-corrected chi connectivity index (χ4v) is 2.68. The number of nitriles is 1. The maximum absolute atomic E-state index is 10.3. The molecule has 1 fully saturated rings. The summed E-state index contributed by atoms with van der Waals surface area (Å²) in [5.74, 6) is 0. The van der Waals surface area contributed by atoms with E-state index >= 15 is 0 Å². The van der Waals surface area contributed by atoms with Crippen molar-refractivity contribution in [1.82, 2.24) is 0 Å². The van der Waals surface area contributed by atoms with Crippen LogP contribution >= 0.6 is 0 Å². The van der Waals surface area contributed by atoms with Crippen molar-refractivity contribution in [2.24, 2.45) is 4.99 Å². The lowest BCUT2D eigenvalue weighted by Crippen LogP contribution is -2.54. The van der Waals surface area contributed by atoms with Crippen molar-refractivity contribution in [1.29, 1.82) is 5.26 Å². The Hall–Kier alpha value is -2.93. The number of rotatable bonds is 5. The molecule has 5 heteroatoms. The van der Waals surface area contributed by atoms with Crippen LogP contribution in [0.5, 0.6) is 0 Å². The molecule has 2 aromatic rings. The summed E-state index contributed by atoms with van der Waals surface area (Å²) in [6.45, 7) is 2.84. The third-order valence-corrected chi connectivity index (χ3v) is 4.05. The van der Waals surface area contributed by atoms with Gasteiger partial charge in [-0.05, 0) is 42.7 Å². The summed E-state index contributed by atoms with van der Waals surface area (Å²) in [6, 6.07) is 15.9. The lowest BCUT2D eigenvalue weighted by atomic mass is 9.96. The van der Waals surface area contributed by atoms with Gasteiger partial charge in [0.2, 0.25) is 6.08 Å². The highest BCUT2D eigenvalue weighted by Crippen LogP contribution is 2.28. The van der Waals surface area contributed by atoms with Gasteiger partial charge in [-0.1, -0.05) is 29.8 Å². The predicted molar refractivity (Wildman–Crippen MR) is 91.0 cm³/mol. The van der Waals surface area contributed by atoms with E-state index in [0.717, 1.165) is 28.8 Å². The Morgan fingerprint density at radius 3 is 2.58 bits per heavy atom. The second kappa shape index (κ2) is 6.67. The van der Waals surface area contributed by atoms with Gasteiger partial charge in [-0.25, -0.2) is 4.79 Å². The van der Waals surface area contributed by atoms with Crippen molar-refractivity contribution in [2.75, 3.05) is 18.5 Å². The number of ether oxygens (including phenoxy) is 1. The van der Waals surface area contributed by atoms with Crippen LogP contribution in [0.25, 0.3) is 0 Å². The van der Waals surface area contributed by atoms with Crippen molar-refractivity contribution in [2.45, 2.75) is 18.9 Å². The molecule has 0 radical (unpaired) electrons. The van der Waals surface area contributed by atoms with Gasteiger partial charge in [0.05, 0.1) is 25.0 Å². The van der Waals surface area contributed by atoms with Gasteiger partial charge in [-0.2, -0.15) is 10.3 Å². The van der Waals surface area contributed by atoms with Gasteiger partial charge in [-0.15, -0.1) is 0 Å². The van der Waals surface area contributed by atoms with Crippen molar-refractivity contribution in [3.05, 3.63) is 59.2 Å². The minimum Gasteiger partial charge on any atom is -0.374 e. The van der Waals surface area contributed by atoms with E-state index in [2.05, 4.69) is 22.4 Å². The number of anilines is 1. The number of hydrogen-bond donors (Lipinski definition) is 1. The summed E-state index contributed by atoms with van der Waals surface area (Å²) < 4.78 is 5.19. The molecule has 1 N–H and O–H groups in total. The molecule has 2 aromatic carbocycles. The zero-order valence-electron chi connectivity index (χ0n) is 13.4. The van der Waals surface area contributed by atoms with Crippen LogP contribution in [0.3, 0.4) is 0 Å². The Morgan fingerprint density at radius 1 is 1.25 bits per heavy atom. The Labute approximate surface area is 140 Å². The molecule has 1 aliphatic heterocycles. The fourth-order valence-electron chi connectivity index (χ4n) is 2.68. The van der Waals surface area contributed by atoms with Crippen molar-refractivity contribution in [3.8, 4) is 6.07 Å². The number of carbonyl (C=O) groups excluding carboxylic acids is 1. The van der Waals surface area contributed by atoms with Gasteiger partial charge >= 0.3 is 0 Å². The third-order valence-electron chi connectivity index (χ3n) is 4.05. The Kier molecular flexibility index (Phi) is 4.43. The summed E-state index contributed by atoms with van der Waals surface area (Å²) in [5.41, 5.74) is 4.28. The van der Waals surface area contributed by atoms with Crippen LogP contribution < -0.4 is 5.32 Å². The van der Waals surface area contributed by atoms with E-state index in [0.29, 0.717) is 18.9 Å². The molecule has 5 nitrogen and oxygen atoms in total. The van der Waals surface area contributed by atoms with Crippen molar-refractivity contribution in [3.63, 3.8) is 0 Å². The smallest absolute Gasteiger partial charge is 0.240 e. The van der Waals surface area contributed by atoms with Crippen LogP contribution in [0.1, 0.15) is 16.7 Å². The third kappa shape index (κ3) is 3.36. The maximum atomic E-state index is 10.3. The quantitative estimate of drug-likeness (QED) is 0.678. The molecule has 0 unspecified atom stereocenters. The second-order valence-corrected chi connectivity index (χ2v) is 6.02. The number of aliphatic imine (C=N–C) groups is 1. The van der Waals surface area contributed by atoms with Gasteiger partial charge < -0.3 is 10.1 Å². The first-order valence-corrected chi connectivity index (χ1v) is 7.68. The van der Waals surface area contributed by atoms with Gasteiger partial charge in [0, 0.05) is 5.69 Å². The molecular formula is C19H17N3O2. The SMILES string of the molecule is Cc1ccc(NC2(C#N)COC2)c(Cc2ccc(N=C=O)cc2)c1. The summed E-state index contributed by atoms with van der Waals surface area (Å²) in [6.07, 6.45) is 2.26. The molecule has 0 atom stereocenters.